The van der Waals surface area contributed by atoms with Gasteiger partial charge in [-0.2, -0.15) is 0 Å². The van der Waals surface area contributed by atoms with Gasteiger partial charge < -0.3 is 5.73 Å². The van der Waals surface area contributed by atoms with E-state index in [9.17, 15) is 0 Å². The molecule has 0 saturated heterocycles. The molecule has 1 aromatic rings. The molecule has 0 aliphatic rings. The van der Waals surface area contributed by atoms with Gasteiger partial charge in [-0.3, -0.25) is 0 Å². The maximum Gasteiger partial charge on any atom is 0.0365 e. The fourth-order valence-corrected chi connectivity index (χ4v) is 1.56. The highest BCUT2D eigenvalue weighted by molar-refractivity contribution is 5.27. The highest BCUT2D eigenvalue weighted by Crippen LogP contribution is 2.12. The molecule has 0 bridgehead atoms. The average Bonchev–Trinajstić information content (AvgIpc) is 2.30. The molecule has 84 valence electrons. The molecule has 0 heterocycles. The first-order valence-corrected chi connectivity index (χ1v) is 5.62. The van der Waals surface area contributed by atoms with Crippen molar-refractivity contribution >= 4 is 0 Å². The van der Waals surface area contributed by atoms with Crippen LogP contribution in [0.25, 0.3) is 0 Å². The molecule has 0 aliphatic heterocycles. The maximum absolute atomic E-state index is 5.89. The van der Waals surface area contributed by atoms with Crippen LogP contribution in [0.5, 0.6) is 0 Å². The van der Waals surface area contributed by atoms with Crippen LogP contribution in [0.15, 0.2) is 36.4 Å². The summed E-state index contributed by atoms with van der Waals surface area (Å²) in [7, 11) is 0. The first kappa shape index (κ1) is 12.5. The quantitative estimate of drug-likeness (QED) is 0.590. The summed E-state index contributed by atoms with van der Waals surface area (Å²) in [5.74, 6) is 2.57. The average molecular weight is 213 g/mol. The van der Waals surface area contributed by atoms with Gasteiger partial charge >= 0.3 is 0 Å². The number of rotatable bonds is 5. The van der Waals surface area contributed by atoms with Crippen molar-refractivity contribution in [1.29, 1.82) is 0 Å². The maximum atomic E-state index is 5.89. The summed E-state index contributed by atoms with van der Waals surface area (Å²) in [6.45, 7) is 6.14. The molecule has 0 aromatic heterocycles. The normalized spacial score (nSPS) is 11.8. The molecule has 1 nitrogen and oxygen atoms in total. The van der Waals surface area contributed by atoms with Crippen LogP contribution in [0, 0.1) is 12.3 Å². The van der Waals surface area contributed by atoms with Crippen molar-refractivity contribution in [1.82, 2.24) is 0 Å². The summed E-state index contributed by atoms with van der Waals surface area (Å²) < 4.78 is 0. The molecule has 1 rings (SSSR count). The van der Waals surface area contributed by atoms with Gasteiger partial charge in [0.25, 0.3) is 0 Å². The Balaban J connectivity index is 2.59. The molecule has 0 fully saturated rings. The largest absolute Gasteiger partial charge is 0.323 e. The van der Waals surface area contributed by atoms with E-state index in [1.165, 1.54) is 11.1 Å². The predicted molar refractivity (Wildman–Crippen MR) is 70.1 cm³/mol. The Kier molecular flexibility index (Phi) is 4.82. The minimum Gasteiger partial charge on any atom is -0.323 e. The van der Waals surface area contributed by atoms with Gasteiger partial charge in [0.05, 0.1) is 0 Å². The van der Waals surface area contributed by atoms with Crippen LogP contribution < -0.4 is 5.73 Å². The van der Waals surface area contributed by atoms with E-state index in [1.54, 1.807) is 0 Å². The summed E-state index contributed by atoms with van der Waals surface area (Å²) in [5.41, 5.74) is 9.49. The van der Waals surface area contributed by atoms with E-state index in [0.717, 1.165) is 18.4 Å². The zero-order valence-corrected chi connectivity index (χ0v) is 9.87. The van der Waals surface area contributed by atoms with Gasteiger partial charge in [0.15, 0.2) is 0 Å². The Morgan fingerprint density at radius 1 is 1.38 bits per heavy atom. The van der Waals surface area contributed by atoms with Crippen LogP contribution in [0.3, 0.4) is 0 Å². The molecule has 1 unspecified atom stereocenters. The number of terminal acetylenes is 1. The van der Waals surface area contributed by atoms with Crippen molar-refractivity contribution in [3.8, 4) is 12.3 Å². The standard InChI is InChI=1S/C15H19N/c1-4-6-15(16)12(3)11-14-9-7-13(5-2)8-10-14/h1,7-10,15H,3,5-6,11,16H2,2H3. The predicted octanol–water partition coefficient (Wildman–Crippen LogP) is 2.70. The first-order valence-electron chi connectivity index (χ1n) is 5.62. The molecule has 0 radical (unpaired) electrons. The number of nitrogens with two attached hydrogens (primary N) is 1. The number of hydrogen-bond acceptors (Lipinski definition) is 1. The monoisotopic (exact) mass is 213 g/mol. The summed E-state index contributed by atoms with van der Waals surface area (Å²) in [6.07, 6.45) is 7.67. The number of hydrogen-bond donors (Lipinski definition) is 1. The van der Waals surface area contributed by atoms with E-state index in [4.69, 9.17) is 12.2 Å². The molecule has 1 aromatic carbocycles. The van der Waals surface area contributed by atoms with E-state index in [0.29, 0.717) is 6.42 Å². The number of aryl methyl sites for hydroxylation is 1. The van der Waals surface area contributed by atoms with E-state index >= 15 is 0 Å². The molecule has 0 spiro atoms. The summed E-state index contributed by atoms with van der Waals surface area (Å²) in [6, 6.07) is 8.47. The second kappa shape index (κ2) is 6.15. The third kappa shape index (κ3) is 3.56. The second-order valence-electron chi connectivity index (χ2n) is 4.02. The molecule has 16 heavy (non-hydrogen) atoms. The first-order chi connectivity index (χ1) is 7.67. The molecule has 0 amide bonds. The van der Waals surface area contributed by atoms with Crippen LogP contribution >= 0.6 is 0 Å². The summed E-state index contributed by atoms with van der Waals surface area (Å²) >= 11 is 0. The third-order valence-electron chi connectivity index (χ3n) is 2.72. The van der Waals surface area contributed by atoms with E-state index in [-0.39, 0.29) is 6.04 Å². The summed E-state index contributed by atoms with van der Waals surface area (Å²) in [4.78, 5) is 0. The molecule has 1 atom stereocenters. The van der Waals surface area contributed by atoms with E-state index < -0.39 is 0 Å². The highest BCUT2D eigenvalue weighted by atomic mass is 14.6. The Morgan fingerprint density at radius 2 is 1.94 bits per heavy atom. The van der Waals surface area contributed by atoms with Crippen molar-refractivity contribution in [2.24, 2.45) is 5.73 Å². The van der Waals surface area contributed by atoms with Crippen LogP contribution in [0.2, 0.25) is 0 Å². The molecule has 1 heteroatoms. The van der Waals surface area contributed by atoms with Crippen LogP contribution in [0.4, 0.5) is 0 Å². The van der Waals surface area contributed by atoms with Gasteiger partial charge in [0.1, 0.15) is 0 Å². The molecular formula is C15H19N. The minimum absolute atomic E-state index is 0.0872. The Bertz CT molecular complexity index is 381. The van der Waals surface area contributed by atoms with Crippen molar-refractivity contribution in [2.45, 2.75) is 32.2 Å². The Morgan fingerprint density at radius 3 is 2.44 bits per heavy atom. The number of benzene rings is 1. The van der Waals surface area contributed by atoms with Gasteiger partial charge in [-0.1, -0.05) is 43.3 Å². The molecular weight excluding hydrogens is 194 g/mol. The van der Waals surface area contributed by atoms with Crippen molar-refractivity contribution in [3.63, 3.8) is 0 Å². The lowest BCUT2D eigenvalue weighted by Crippen LogP contribution is -2.22. The van der Waals surface area contributed by atoms with Crippen molar-refractivity contribution in [2.75, 3.05) is 0 Å². The van der Waals surface area contributed by atoms with Crippen molar-refractivity contribution in [3.05, 3.63) is 47.5 Å². The van der Waals surface area contributed by atoms with Gasteiger partial charge in [0.2, 0.25) is 0 Å². The second-order valence-corrected chi connectivity index (χ2v) is 4.02. The lowest BCUT2D eigenvalue weighted by atomic mass is 9.98. The third-order valence-corrected chi connectivity index (χ3v) is 2.72. The smallest absolute Gasteiger partial charge is 0.0365 e. The van der Waals surface area contributed by atoms with Crippen LogP contribution in [0.1, 0.15) is 24.5 Å². The topological polar surface area (TPSA) is 26.0 Å². The minimum atomic E-state index is -0.0872. The molecule has 0 aliphatic carbocycles. The van der Waals surface area contributed by atoms with Gasteiger partial charge in [-0.15, -0.1) is 12.3 Å². The fourth-order valence-electron chi connectivity index (χ4n) is 1.56. The highest BCUT2D eigenvalue weighted by Gasteiger charge is 2.06. The van der Waals surface area contributed by atoms with Crippen LogP contribution in [-0.2, 0) is 12.8 Å². The SMILES string of the molecule is C#CCC(N)C(=C)Cc1ccc(CC)cc1. The molecule has 0 saturated carbocycles. The van der Waals surface area contributed by atoms with E-state index in [2.05, 4.69) is 43.7 Å². The Labute approximate surface area is 98.4 Å². The van der Waals surface area contributed by atoms with E-state index in [1.807, 2.05) is 0 Å². The van der Waals surface area contributed by atoms with Gasteiger partial charge in [0, 0.05) is 12.5 Å². The van der Waals surface area contributed by atoms with Gasteiger partial charge in [-0.25, -0.2) is 0 Å². The van der Waals surface area contributed by atoms with Gasteiger partial charge in [-0.05, 0) is 24.0 Å². The van der Waals surface area contributed by atoms with Crippen LogP contribution in [-0.4, -0.2) is 6.04 Å². The zero-order chi connectivity index (χ0) is 12.0. The summed E-state index contributed by atoms with van der Waals surface area (Å²) in [5, 5.41) is 0. The zero-order valence-electron chi connectivity index (χ0n) is 9.87. The fraction of sp³-hybridized carbons (Fsp3) is 0.333. The lowest BCUT2D eigenvalue weighted by Gasteiger charge is -2.12. The van der Waals surface area contributed by atoms with Crippen molar-refractivity contribution < 1.29 is 0 Å². The lowest BCUT2D eigenvalue weighted by molar-refractivity contribution is 0.774. The Hall–Kier alpha value is -1.52. The molecule has 2 N–H and O–H groups in total.